The number of ether oxygens (including phenoxy) is 1. The van der Waals surface area contributed by atoms with Gasteiger partial charge in [-0.25, -0.2) is 13.6 Å². The Morgan fingerprint density at radius 1 is 1.05 bits per heavy atom. The molecule has 0 aliphatic carbocycles. The van der Waals surface area contributed by atoms with Crippen molar-refractivity contribution >= 4 is 16.0 Å². The van der Waals surface area contributed by atoms with Crippen molar-refractivity contribution in [2.24, 2.45) is 10.9 Å². The second-order valence-corrected chi connectivity index (χ2v) is 11.0. The number of tetrazole rings is 1. The van der Waals surface area contributed by atoms with Gasteiger partial charge < -0.3 is 15.4 Å². The summed E-state index contributed by atoms with van der Waals surface area (Å²) in [5.74, 6) is 1.39. The normalized spacial score (nSPS) is 14.4. The summed E-state index contributed by atoms with van der Waals surface area (Å²) in [7, 11) is -2.47. The Morgan fingerprint density at radius 3 is 2.36 bits per heavy atom. The highest BCUT2D eigenvalue weighted by atomic mass is 32.2. The predicted molar refractivity (Wildman–Crippen MR) is 148 cm³/mol. The monoisotopic (exact) mass is 546 g/mol. The van der Waals surface area contributed by atoms with Gasteiger partial charge >= 0.3 is 0 Å². The van der Waals surface area contributed by atoms with Crippen LogP contribution in [-0.2, 0) is 16.6 Å². The molecule has 1 aliphatic rings. The molecule has 1 aromatic heterocycles. The van der Waals surface area contributed by atoms with E-state index < -0.39 is 10.0 Å². The minimum absolute atomic E-state index is 0.0651. The average Bonchev–Trinajstić information content (AvgIpc) is 3.41. The number of likely N-dealkylation sites (tertiary alicyclic amines) is 1. The molecule has 0 spiro atoms. The number of hydrogen-bond acceptors (Lipinski definition) is 7. The first-order valence-corrected chi connectivity index (χ1v) is 14.0. The number of nitrogens with two attached hydrogens (primary N) is 2. The molecule has 5 rings (SSSR count). The van der Waals surface area contributed by atoms with Crippen LogP contribution in [0, 0.1) is 5.41 Å². The van der Waals surface area contributed by atoms with Crippen molar-refractivity contribution in [3.63, 3.8) is 0 Å². The number of piperidine rings is 1. The molecule has 0 saturated carbocycles. The number of benzene rings is 3. The van der Waals surface area contributed by atoms with Crippen LogP contribution in [0.25, 0.3) is 22.5 Å². The number of nitrogens with one attached hydrogen (secondary N) is 1. The molecule has 0 unspecified atom stereocenters. The third-order valence-electron chi connectivity index (χ3n) is 7.02. The molecule has 39 heavy (non-hydrogen) atoms. The van der Waals surface area contributed by atoms with Gasteiger partial charge in [-0.05, 0) is 64.4 Å². The van der Waals surface area contributed by atoms with Crippen LogP contribution in [0.15, 0.2) is 71.6 Å². The predicted octanol–water partition coefficient (Wildman–Crippen LogP) is 2.78. The van der Waals surface area contributed by atoms with Crippen LogP contribution in [0.5, 0.6) is 5.75 Å². The molecule has 202 valence electrons. The van der Waals surface area contributed by atoms with Crippen LogP contribution in [-0.4, -0.2) is 59.7 Å². The maximum absolute atomic E-state index is 12.6. The maximum Gasteiger partial charge on any atom is 0.238 e. The highest BCUT2D eigenvalue weighted by Gasteiger charge is 2.24. The maximum atomic E-state index is 12.6. The van der Waals surface area contributed by atoms with Crippen molar-refractivity contribution < 1.29 is 13.2 Å². The molecule has 5 N–H and O–H groups in total. The van der Waals surface area contributed by atoms with E-state index >= 15 is 0 Å². The molecule has 2 heterocycles. The molecule has 1 aliphatic heterocycles. The zero-order valence-electron chi connectivity index (χ0n) is 21.5. The average molecular weight is 547 g/mol. The third-order valence-corrected chi connectivity index (χ3v) is 7.97. The fraction of sp³-hybridized carbons (Fsp3) is 0.259. The molecule has 11 nitrogen and oxygen atoms in total. The smallest absolute Gasteiger partial charge is 0.238 e. The first-order valence-electron chi connectivity index (χ1n) is 12.5. The molecule has 1 saturated heterocycles. The summed E-state index contributed by atoms with van der Waals surface area (Å²) in [6.45, 7) is 1.85. The fourth-order valence-electron chi connectivity index (χ4n) is 4.93. The van der Waals surface area contributed by atoms with Gasteiger partial charge in [0, 0.05) is 13.1 Å². The van der Waals surface area contributed by atoms with E-state index in [0.717, 1.165) is 42.8 Å². The second-order valence-electron chi connectivity index (χ2n) is 9.48. The van der Waals surface area contributed by atoms with Gasteiger partial charge in [-0.15, -0.1) is 10.2 Å². The standard InChI is InChI=1S/C27H30N8O3S/c1-38-22-11-5-18(6-12-22)17-35-32-26(31-33-35)25-23(3-2-4-24(25)39(30,36)37)21-9-7-19(8-10-21)20-13-15-34(16-14-20)27(28)29/h2-12,20H,13-17H2,1H3,(H3,28,29)(H2,30,36,37). The van der Waals surface area contributed by atoms with Gasteiger partial charge in [0.1, 0.15) is 5.75 Å². The Kier molecular flexibility index (Phi) is 7.31. The third kappa shape index (κ3) is 5.76. The number of hydrogen-bond donors (Lipinski definition) is 3. The van der Waals surface area contributed by atoms with Crippen molar-refractivity contribution in [3.8, 4) is 28.3 Å². The molecule has 1 fully saturated rings. The Bertz CT molecular complexity index is 1580. The van der Waals surface area contributed by atoms with Gasteiger partial charge in [-0.1, -0.05) is 48.5 Å². The summed E-state index contributed by atoms with van der Waals surface area (Å²) in [4.78, 5) is 3.23. The zero-order chi connectivity index (χ0) is 27.6. The second kappa shape index (κ2) is 10.8. The van der Waals surface area contributed by atoms with Gasteiger partial charge in [0.15, 0.2) is 5.96 Å². The lowest BCUT2D eigenvalue weighted by molar-refractivity contribution is 0.309. The quantitative estimate of drug-likeness (QED) is 0.235. The summed E-state index contributed by atoms with van der Waals surface area (Å²) < 4.78 is 30.3. The number of guanidine groups is 1. The lowest BCUT2D eigenvalue weighted by atomic mass is 9.88. The van der Waals surface area contributed by atoms with E-state index in [0.29, 0.717) is 23.6 Å². The van der Waals surface area contributed by atoms with E-state index in [1.54, 1.807) is 13.2 Å². The Balaban J connectivity index is 1.46. The van der Waals surface area contributed by atoms with Crippen molar-refractivity contribution in [1.29, 1.82) is 5.41 Å². The lowest BCUT2D eigenvalue weighted by Crippen LogP contribution is -2.41. The van der Waals surface area contributed by atoms with Crippen LogP contribution in [0.3, 0.4) is 0 Å². The summed E-state index contributed by atoms with van der Waals surface area (Å²) in [6.07, 6.45) is 1.82. The molecule has 4 aromatic rings. The van der Waals surface area contributed by atoms with Crippen molar-refractivity contribution in [3.05, 3.63) is 77.9 Å². The highest BCUT2D eigenvalue weighted by molar-refractivity contribution is 7.89. The fourth-order valence-corrected chi connectivity index (χ4v) is 5.69. The van der Waals surface area contributed by atoms with Gasteiger partial charge in [-0.2, -0.15) is 4.80 Å². The van der Waals surface area contributed by atoms with Crippen LogP contribution in [0.4, 0.5) is 0 Å². The summed E-state index contributed by atoms with van der Waals surface area (Å²) in [6, 6.07) is 20.5. The Morgan fingerprint density at radius 2 is 1.74 bits per heavy atom. The number of primary sulfonamides is 1. The van der Waals surface area contributed by atoms with Gasteiger partial charge in [0.25, 0.3) is 0 Å². The van der Waals surface area contributed by atoms with Crippen molar-refractivity contribution in [2.75, 3.05) is 20.2 Å². The molecule has 0 bridgehead atoms. The molecule has 12 heteroatoms. The molecule has 0 atom stereocenters. The Labute approximate surface area is 226 Å². The highest BCUT2D eigenvalue weighted by Crippen LogP contribution is 2.36. The lowest BCUT2D eigenvalue weighted by Gasteiger charge is -2.32. The molecular formula is C27H30N8O3S. The topological polar surface area (TPSA) is 166 Å². The minimum Gasteiger partial charge on any atom is -0.497 e. The van der Waals surface area contributed by atoms with Gasteiger partial charge in [0.2, 0.25) is 15.8 Å². The molecule has 0 amide bonds. The summed E-state index contributed by atoms with van der Waals surface area (Å²) in [5, 5.41) is 26.1. The molecular weight excluding hydrogens is 516 g/mol. The zero-order valence-corrected chi connectivity index (χ0v) is 22.3. The van der Waals surface area contributed by atoms with E-state index in [-0.39, 0.29) is 16.7 Å². The largest absolute Gasteiger partial charge is 0.497 e. The Hall–Kier alpha value is -4.29. The molecule has 3 aromatic carbocycles. The van der Waals surface area contributed by atoms with Crippen LogP contribution >= 0.6 is 0 Å². The SMILES string of the molecule is COc1ccc(Cn2nnc(-c3c(-c4ccc(C5CCN(C(=N)N)CC5)cc4)cccc3S(N)(=O)=O)n2)cc1. The van der Waals surface area contributed by atoms with E-state index in [4.69, 9.17) is 21.0 Å². The number of nitrogens with zero attached hydrogens (tertiary/aromatic N) is 5. The van der Waals surface area contributed by atoms with Gasteiger partial charge in [0.05, 0.1) is 24.1 Å². The summed E-state index contributed by atoms with van der Waals surface area (Å²) in [5.41, 5.74) is 9.51. The summed E-state index contributed by atoms with van der Waals surface area (Å²) >= 11 is 0. The number of methoxy groups -OCH3 is 1. The number of aromatic nitrogens is 4. The van der Waals surface area contributed by atoms with E-state index in [9.17, 15) is 8.42 Å². The van der Waals surface area contributed by atoms with Crippen molar-refractivity contribution in [1.82, 2.24) is 25.1 Å². The number of sulfonamides is 1. The van der Waals surface area contributed by atoms with E-state index in [2.05, 4.69) is 27.5 Å². The van der Waals surface area contributed by atoms with Crippen molar-refractivity contribution in [2.45, 2.75) is 30.2 Å². The minimum atomic E-state index is -4.07. The molecule has 0 radical (unpaired) electrons. The van der Waals surface area contributed by atoms with Crippen LogP contribution < -0.4 is 15.6 Å². The first-order chi connectivity index (χ1) is 18.7. The van der Waals surface area contributed by atoms with E-state index in [1.165, 1.54) is 16.4 Å². The van der Waals surface area contributed by atoms with E-state index in [1.807, 2.05) is 47.4 Å². The van der Waals surface area contributed by atoms with Crippen LogP contribution in [0.2, 0.25) is 0 Å². The van der Waals surface area contributed by atoms with Crippen LogP contribution in [0.1, 0.15) is 29.9 Å². The van der Waals surface area contributed by atoms with Gasteiger partial charge in [-0.3, -0.25) is 5.41 Å². The first kappa shape index (κ1) is 26.3. The number of rotatable bonds is 7.